The van der Waals surface area contributed by atoms with E-state index in [1.807, 2.05) is 0 Å². The van der Waals surface area contributed by atoms with Crippen LogP contribution >= 0.6 is 0 Å². The molecule has 0 N–H and O–H groups in total. The summed E-state index contributed by atoms with van der Waals surface area (Å²) >= 11 is 0. The molecule has 4 heteroatoms. The standard InChI is InChI=1S/C13H18FNO2/c1-2-3-4-5-6-9-17-13(16)11-7-8-15-12(14)10-11/h7-8,10H,2-6,9H2,1H3. The first-order chi connectivity index (χ1) is 8.24. The SMILES string of the molecule is CCCCCCCOC(=O)c1ccnc(F)c1. The van der Waals surface area contributed by atoms with Crippen LogP contribution in [0.15, 0.2) is 18.3 Å². The Morgan fingerprint density at radius 1 is 1.35 bits per heavy atom. The maximum atomic E-state index is 12.7. The van der Waals surface area contributed by atoms with Gasteiger partial charge in [0.25, 0.3) is 0 Å². The molecule has 0 radical (unpaired) electrons. The Kier molecular flexibility index (Phi) is 6.22. The van der Waals surface area contributed by atoms with Crippen LogP contribution < -0.4 is 0 Å². The van der Waals surface area contributed by atoms with E-state index in [0.717, 1.165) is 25.3 Å². The molecular formula is C13H18FNO2. The lowest BCUT2D eigenvalue weighted by Crippen LogP contribution is -2.07. The second kappa shape index (κ2) is 7.76. The first-order valence-corrected chi connectivity index (χ1v) is 6.02. The van der Waals surface area contributed by atoms with Gasteiger partial charge in [0.1, 0.15) is 0 Å². The zero-order valence-electron chi connectivity index (χ0n) is 10.1. The molecule has 0 saturated carbocycles. The number of hydrogen-bond acceptors (Lipinski definition) is 3. The van der Waals surface area contributed by atoms with Crippen LogP contribution in [0.5, 0.6) is 0 Å². The van der Waals surface area contributed by atoms with Crippen molar-refractivity contribution in [2.75, 3.05) is 6.61 Å². The molecule has 0 aliphatic carbocycles. The highest BCUT2D eigenvalue weighted by Crippen LogP contribution is 2.05. The van der Waals surface area contributed by atoms with Crippen molar-refractivity contribution in [1.29, 1.82) is 0 Å². The van der Waals surface area contributed by atoms with Gasteiger partial charge in [0.05, 0.1) is 12.2 Å². The van der Waals surface area contributed by atoms with Gasteiger partial charge < -0.3 is 4.74 Å². The Hall–Kier alpha value is -1.45. The molecule has 0 aliphatic rings. The monoisotopic (exact) mass is 239 g/mol. The van der Waals surface area contributed by atoms with Crippen molar-refractivity contribution >= 4 is 5.97 Å². The normalized spacial score (nSPS) is 10.2. The molecule has 1 aromatic rings. The minimum Gasteiger partial charge on any atom is -0.462 e. The molecule has 0 atom stereocenters. The second-order valence-electron chi connectivity index (χ2n) is 3.92. The molecule has 0 bridgehead atoms. The lowest BCUT2D eigenvalue weighted by Gasteiger charge is -2.04. The number of unbranched alkanes of at least 4 members (excludes halogenated alkanes) is 4. The molecule has 0 aliphatic heterocycles. The number of hydrogen-bond donors (Lipinski definition) is 0. The summed E-state index contributed by atoms with van der Waals surface area (Å²) in [7, 11) is 0. The summed E-state index contributed by atoms with van der Waals surface area (Å²) in [5.74, 6) is -1.15. The fourth-order valence-electron chi connectivity index (χ4n) is 1.48. The largest absolute Gasteiger partial charge is 0.462 e. The van der Waals surface area contributed by atoms with Crippen LogP contribution in [0.25, 0.3) is 0 Å². The van der Waals surface area contributed by atoms with Crippen molar-refractivity contribution in [3.8, 4) is 0 Å². The fraction of sp³-hybridized carbons (Fsp3) is 0.538. The topological polar surface area (TPSA) is 39.2 Å². The van der Waals surface area contributed by atoms with Gasteiger partial charge in [-0.3, -0.25) is 0 Å². The van der Waals surface area contributed by atoms with Crippen molar-refractivity contribution in [1.82, 2.24) is 4.98 Å². The summed E-state index contributed by atoms with van der Waals surface area (Å²) < 4.78 is 17.8. The number of esters is 1. The number of carbonyl (C=O) groups excluding carboxylic acids is 1. The van der Waals surface area contributed by atoms with Crippen LogP contribution in [0.3, 0.4) is 0 Å². The molecule has 0 fully saturated rings. The summed E-state index contributed by atoms with van der Waals surface area (Å²) in [6.07, 6.45) is 6.75. The van der Waals surface area contributed by atoms with Gasteiger partial charge in [0.2, 0.25) is 5.95 Å². The number of ether oxygens (including phenoxy) is 1. The molecule has 17 heavy (non-hydrogen) atoms. The van der Waals surface area contributed by atoms with Crippen molar-refractivity contribution in [2.45, 2.75) is 39.0 Å². The van der Waals surface area contributed by atoms with Crippen LogP contribution in [0.2, 0.25) is 0 Å². The van der Waals surface area contributed by atoms with E-state index >= 15 is 0 Å². The average Bonchev–Trinajstić information content (AvgIpc) is 2.33. The van der Waals surface area contributed by atoms with Crippen molar-refractivity contribution in [2.24, 2.45) is 0 Å². The first kappa shape index (κ1) is 13.6. The molecule has 1 rings (SSSR count). The van der Waals surface area contributed by atoms with Gasteiger partial charge >= 0.3 is 5.97 Å². The summed E-state index contributed by atoms with van der Waals surface area (Å²) in [5.41, 5.74) is 0.214. The van der Waals surface area contributed by atoms with E-state index in [1.165, 1.54) is 25.1 Å². The Morgan fingerprint density at radius 2 is 2.12 bits per heavy atom. The van der Waals surface area contributed by atoms with Crippen molar-refractivity contribution in [3.63, 3.8) is 0 Å². The fourth-order valence-corrected chi connectivity index (χ4v) is 1.48. The molecule has 94 valence electrons. The maximum Gasteiger partial charge on any atom is 0.338 e. The molecule has 0 amide bonds. The maximum absolute atomic E-state index is 12.7. The highest BCUT2D eigenvalue weighted by atomic mass is 19.1. The predicted molar refractivity (Wildman–Crippen MR) is 63.2 cm³/mol. The van der Waals surface area contributed by atoms with Crippen molar-refractivity contribution in [3.05, 3.63) is 29.8 Å². The lowest BCUT2D eigenvalue weighted by atomic mass is 10.2. The molecule has 0 aromatic carbocycles. The molecule has 3 nitrogen and oxygen atoms in total. The van der Waals surface area contributed by atoms with E-state index < -0.39 is 11.9 Å². The summed E-state index contributed by atoms with van der Waals surface area (Å²) in [4.78, 5) is 14.8. The Morgan fingerprint density at radius 3 is 2.82 bits per heavy atom. The molecule has 0 spiro atoms. The third kappa shape index (κ3) is 5.43. The number of rotatable bonds is 7. The van der Waals surface area contributed by atoms with Crippen LogP contribution in [0, 0.1) is 5.95 Å². The smallest absolute Gasteiger partial charge is 0.338 e. The third-order valence-corrected chi connectivity index (χ3v) is 2.44. The minimum absolute atomic E-state index is 0.214. The van der Waals surface area contributed by atoms with Gasteiger partial charge in [0.15, 0.2) is 0 Å². The van der Waals surface area contributed by atoms with Gasteiger partial charge in [-0.05, 0) is 12.5 Å². The number of halogens is 1. The van der Waals surface area contributed by atoms with Crippen LogP contribution in [0.1, 0.15) is 49.4 Å². The van der Waals surface area contributed by atoms with Gasteiger partial charge in [-0.25, -0.2) is 9.78 Å². The lowest BCUT2D eigenvalue weighted by molar-refractivity contribution is 0.0497. The Bertz CT molecular complexity index is 355. The number of carbonyl (C=O) groups is 1. The highest BCUT2D eigenvalue weighted by molar-refractivity contribution is 5.89. The third-order valence-electron chi connectivity index (χ3n) is 2.44. The molecule has 1 aromatic heterocycles. The summed E-state index contributed by atoms with van der Waals surface area (Å²) in [6, 6.07) is 2.53. The van der Waals surface area contributed by atoms with Crippen LogP contribution in [0.4, 0.5) is 4.39 Å². The van der Waals surface area contributed by atoms with Gasteiger partial charge in [-0.15, -0.1) is 0 Å². The summed E-state index contributed by atoms with van der Waals surface area (Å²) in [5, 5.41) is 0. The number of nitrogens with zero attached hydrogens (tertiary/aromatic N) is 1. The second-order valence-corrected chi connectivity index (χ2v) is 3.92. The molecule has 1 heterocycles. The average molecular weight is 239 g/mol. The van der Waals surface area contributed by atoms with Crippen LogP contribution in [-0.2, 0) is 4.74 Å². The predicted octanol–water partition coefficient (Wildman–Crippen LogP) is 3.35. The van der Waals surface area contributed by atoms with E-state index in [2.05, 4.69) is 11.9 Å². The van der Waals surface area contributed by atoms with Crippen LogP contribution in [-0.4, -0.2) is 17.6 Å². The first-order valence-electron chi connectivity index (χ1n) is 6.02. The minimum atomic E-state index is -0.664. The van der Waals surface area contributed by atoms with E-state index in [9.17, 15) is 9.18 Å². The zero-order valence-corrected chi connectivity index (χ0v) is 10.1. The highest BCUT2D eigenvalue weighted by Gasteiger charge is 2.07. The van der Waals surface area contributed by atoms with Gasteiger partial charge in [0, 0.05) is 12.3 Å². The quantitative estimate of drug-likeness (QED) is 0.416. The van der Waals surface area contributed by atoms with Gasteiger partial charge in [-0.1, -0.05) is 32.6 Å². The number of aromatic nitrogens is 1. The zero-order chi connectivity index (χ0) is 12.5. The van der Waals surface area contributed by atoms with E-state index in [4.69, 9.17) is 4.74 Å². The van der Waals surface area contributed by atoms with Crippen molar-refractivity contribution < 1.29 is 13.9 Å². The molecular weight excluding hydrogens is 221 g/mol. The Balaban J connectivity index is 2.21. The summed E-state index contributed by atoms with van der Waals surface area (Å²) in [6.45, 7) is 2.55. The van der Waals surface area contributed by atoms with E-state index in [1.54, 1.807) is 0 Å². The molecule has 0 unspecified atom stereocenters. The van der Waals surface area contributed by atoms with E-state index in [0.29, 0.717) is 6.61 Å². The van der Waals surface area contributed by atoms with E-state index in [-0.39, 0.29) is 5.56 Å². The Labute approximate surface area is 101 Å². The van der Waals surface area contributed by atoms with Gasteiger partial charge in [-0.2, -0.15) is 4.39 Å². The number of pyridine rings is 1. The molecule has 0 saturated heterocycles.